The molecule has 0 bridgehead atoms. The molecule has 22 heavy (non-hydrogen) atoms. The molecular formula is C16H17ClN4O. The van der Waals surface area contributed by atoms with E-state index >= 15 is 0 Å². The van der Waals surface area contributed by atoms with E-state index in [0.29, 0.717) is 22.9 Å². The molecule has 1 aromatic carbocycles. The highest BCUT2D eigenvalue weighted by Crippen LogP contribution is 2.40. The van der Waals surface area contributed by atoms with Gasteiger partial charge in [-0.2, -0.15) is 4.98 Å². The molecule has 2 saturated carbocycles. The van der Waals surface area contributed by atoms with Gasteiger partial charge in [-0.25, -0.2) is 4.98 Å². The van der Waals surface area contributed by atoms with Gasteiger partial charge in [-0.3, -0.25) is 0 Å². The van der Waals surface area contributed by atoms with E-state index in [1.807, 2.05) is 6.07 Å². The highest BCUT2D eigenvalue weighted by atomic mass is 35.5. The van der Waals surface area contributed by atoms with Crippen LogP contribution in [0.15, 0.2) is 24.3 Å². The monoisotopic (exact) mass is 316 g/mol. The van der Waals surface area contributed by atoms with Crippen LogP contribution in [0, 0.1) is 0 Å². The summed E-state index contributed by atoms with van der Waals surface area (Å²) in [7, 11) is 0. The number of anilines is 3. The number of phenols is 1. The molecule has 1 heterocycles. The maximum absolute atomic E-state index is 9.43. The number of benzene rings is 1. The summed E-state index contributed by atoms with van der Waals surface area (Å²) in [6, 6.07) is 7.35. The fraction of sp³-hybridized carbons (Fsp3) is 0.375. The van der Waals surface area contributed by atoms with Gasteiger partial charge >= 0.3 is 0 Å². The number of aromatic hydroxyl groups is 1. The van der Waals surface area contributed by atoms with Crippen molar-refractivity contribution in [2.75, 3.05) is 10.6 Å². The van der Waals surface area contributed by atoms with Gasteiger partial charge in [0, 0.05) is 24.1 Å². The van der Waals surface area contributed by atoms with Crippen LogP contribution in [0.2, 0.25) is 5.02 Å². The molecule has 0 unspecified atom stereocenters. The third-order valence-corrected chi connectivity index (χ3v) is 4.18. The van der Waals surface area contributed by atoms with E-state index < -0.39 is 0 Å². The first-order valence-electron chi connectivity index (χ1n) is 7.58. The Hall–Kier alpha value is -2.01. The highest BCUT2D eigenvalue weighted by Gasteiger charge is 2.28. The number of phenolic OH excluding ortho intramolecular Hbond substituents is 1. The lowest BCUT2D eigenvalue weighted by Crippen LogP contribution is -2.08. The normalized spacial score (nSPS) is 17.3. The lowest BCUT2D eigenvalue weighted by molar-refractivity contribution is 0.475. The number of nitrogens with zero attached hydrogens (tertiary/aromatic N) is 2. The second-order valence-electron chi connectivity index (χ2n) is 5.98. The van der Waals surface area contributed by atoms with Crippen molar-refractivity contribution in [3.8, 4) is 5.75 Å². The van der Waals surface area contributed by atoms with Crippen LogP contribution in [0.5, 0.6) is 5.75 Å². The first-order chi connectivity index (χ1) is 10.7. The van der Waals surface area contributed by atoms with Crippen molar-refractivity contribution in [3.63, 3.8) is 0 Å². The van der Waals surface area contributed by atoms with E-state index in [1.54, 1.807) is 12.1 Å². The van der Waals surface area contributed by atoms with Gasteiger partial charge in [0.15, 0.2) is 0 Å². The van der Waals surface area contributed by atoms with Gasteiger partial charge in [-0.1, -0.05) is 11.6 Å². The minimum atomic E-state index is 0.146. The summed E-state index contributed by atoms with van der Waals surface area (Å²) in [6.07, 6.45) is 4.76. The van der Waals surface area contributed by atoms with Crippen LogP contribution < -0.4 is 10.6 Å². The van der Waals surface area contributed by atoms with Crippen LogP contribution in [0.3, 0.4) is 0 Å². The topological polar surface area (TPSA) is 70.1 Å². The number of nitrogens with one attached hydrogen (secondary N) is 2. The standard InChI is InChI=1S/C16H17ClN4O/c17-12-7-11(22)5-6-13(12)19-15-8-14(9-1-2-9)20-16(21-15)18-10-3-4-10/h5-10,22H,1-4H2,(H2,18,19,20,21). The van der Waals surface area contributed by atoms with E-state index in [2.05, 4.69) is 20.6 Å². The minimum absolute atomic E-state index is 0.146. The van der Waals surface area contributed by atoms with Crippen LogP contribution >= 0.6 is 11.6 Å². The molecule has 1 aromatic heterocycles. The Labute approximate surface area is 133 Å². The van der Waals surface area contributed by atoms with Crippen LogP contribution in [-0.4, -0.2) is 21.1 Å². The van der Waals surface area contributed by atoms with E-state index in [4.69, 9.17) is 11.6 Å². The molecule has 0 radical (unpaired) electrons. The fourth-order valence-corrected chi connectivity index (χ4v) is 2.56. The molecule has 0 aliphatic heterocycles. The van der Waals surface area contributed by atoms with E-state index in [1.165, 1.54) is 31.7 Å². The number of rotatable bonds is 5. The van der Waals surface area contributed by atoms with Gasteiger partial charge in [-0.05, 0) is 37.8 Å². The Kier molecular flexibility index (Phi) is 3.30. The smallest absolute Gasteiger partial charge is 0.225 e. The van der Waals surface area contributed by atoms with Crippen LogP contribution in [0.1, 0.15) is 37.3 Å². The molecule has 4 rings (SSSR count). The fourth-order valence-electron chi connectivity index (χ4n) is 2.34. The van der Waals surface area contributed by atoms with Crippen molar-refractivity contribution in [2.24, 2.45) is 0 Å². The quantitative estimate of drug-likeness (QED) is 0.726. The van der Waals surface area contributed by atoms with Crippen molar-refractivity contribution in [3.05, 3.63) is 35.0 Å². The summed E-state index contributed by atoms with van der Waals surface area (Å²) in [5.74, 6) is 2.11. The lowest BCUT2D eigenvalue weighted by atomic mass is 10.2. The van der Waals surface area contributed by atoms with Gasteiger partial charge in [0.1, 0.15) is 11.6 Å². The predicted octanol–water partition coefficient (Wildman–Crippen LogP) is 4.03. The molecule has 0 atom stereocenters. The third-order valence-electron chi connectivity index (χ3n) is 3.87. The van der Waals surface area contributed by atoms with Crippen LogP contribution in [-0.2, 0) is 0 Å². The van der Waals surface area contributed by atoms with Gasteiger partial charge < -0.3 is 15.7 Å². The van der Waals surface area contributed by atoms with E-state index in [-0.39, 0.29) is 5.75 Å². The lowest BCUT2D eigenvalue weighted by Gasteiger charge is -2.12. The Balaban J connectivity index is 1.62. The number of hydrogen-bond donors (Lipinski definition) is 3. The minimum Gasteiger partial charge on any atom is -0.508 e. The Bertz CT molecular complexity index is 713. The zero-order valence-corrected chi connectivity index (χ0v) is 12.8. The molecule has 6 heteroatoms. The summed E-state index contributed by atoms with van der Waals surface area (Å²) in [5, 5.41) is 16.5. The molecule has 0 spiro atoms. The molecule has 0 amide bonds. The molecule has 5 nitrogen and oxygen atoms in total. The molecule has 0 saturated heterocycles. The Morgan fingerprint density at radius 2 is 1.91 bits per heavy atom. The first-order valence-corrected chi connectivity index (χ1v) is 7.96. The summed E-state index contributed by atoms with van der Waals surface area (Å²) < 4.78 is 0. The van der Waals surface area contributed by atoms with E-state index in [9.17, 15) is 5.11 Å². The zero-order chi connectivity index (χ0) is 15.1. The second kappa shape index (κ2) is 5.32. The number of aromatic nitrogens is 2. The zero-order valence-electron chi connectivity index (χ0n) is 12.0. The van der Waals surface area contributed by atoms with Gasteiger partial charge in [0.05, 0.1) is 16.4 Å². The molecule has 2 aromatic rings. The second-order valence-corrected chi connectivity index (χ2v) is 6.39. The molecule has 114 valence electrons. The molecule has 3 N–H and O–H groups in total. The van der Waals surface area contributed by atoms with Crippen LogP contribution in [0.25, 0.3) is 0 Å². The summed E-state index contributed by atoms with van der Waals surface area (Å²) in [5.41, 5.74) is 1.80. The molecule has 2 fully saturated rings. The third kappa shape index (κ3) is 3.09. The summed E-state index contributed by atoms with van der Waals surface area (Å²) >= 11 is 6.15. The largest absolute Gasteiger partial charge is 0.508 e. The number of halogens is 1. The van der Waals surface area contributed by atoms with Crippen molar-refractivity contribution < 1.29 is 5.11 Å². The maximum Gasteiger partial charge on any atom is 0.225 e. The van der Waals surface area contributed by atoms with Crippen molar-refractivity contribution in [2.45, 2.75) is 37.6 Å². The van der Waals surface area contributed by atoms with Crippen molar-refractivity contribution >= 4 is 29.1 Å². The molecule has 2 aliphatic carbocycles. The summed E-state index contributed by atoms with van der Waals surface area (Å²) in [4.78, 5) is 9.15. The maximum atomic E-state index is 9.43. The molecular weight excluding hydrogens is 300 g/mol. The van der Waals surface area contributed by atoms with Crippen LogP contribution in [0.4, 0.5) is 17.5 Å². The van der Waals surface area contributed by atoms with Gasteiger partial charge in [0.2, 0.25) is 5.95 Å². The Morgan fingerprint density at radius 3 is 2.59 bits per heavy atom. The molecule has 2 aliphatic rings. The highest BCUT2D eigenvalue weighted by molar-refractivity contribution is 6.33. The Morgan fingerprint density at radius 1 is 1.09 bits per heavy atom. The van der Waals surface area contributed by atoms with E-state index in [0.717, 1.165) is 17.2 Å². The average molecular weight is 317 g/mol. The van der Waals surface area contributed by atoms with Crippen molar-refractivity contribution in [1.29, 1.82) is 0 Å². The average Bonchev–Trinajstić information content (AvgIpc) is 3.35. The SMILES string of the molecule is Oc1ccc(Nc2cc(C3CC3)nc(NC3CC3)n2)c(Cl)c1. The van der Waals surface area contributed by atoms with Gasteiger partial charge in [0.25, 0.3) is 0 Å². The summed E-state index contributed by atoms with van der Waals surface area (Å²) in [6.45, 7) is 0. The first kappa shape index (κ1) is 13.6. The van der Waals surface area contributed by atoms with Gasteiger partial charge in [-0.15, -0.1) is 0 Å². The van der Waals surface area contributed by atoms with Crippen molar-refractivity contribution in [1.82, 2.24) is 9.97 Å². The number of hydrogen-bond acceptors (Lipinski definition) is 5. The predicted molar refractivity (Wildman–Crippen MR) is 87.1 cm³/mol.